The lowest BCUT2D eigenvalue weighted by Crippen LogP contribution is -2.20. The number of benzene rings is 1. The van der Waals surface area contributed by atoms with Crippen LogP contribution in [0.3, 0.4) is 0 Å². The maximum atomic E-state index is 13.3. The largest absolute Gasteiger partial charge is 0.481 e. The lowest BCUT2D eigenvalue weighted by molar-refractivity contribution is -0.139. The number of hydrogen-bond acceptors (Lipinski definition) is 6. The van der Waals surface area contributed by atoms with Gasteiger partial charge in [0.15, 0.2) is 23.3 Å². The molecule has 9 heteroatoms. The molecule has 122 valence electrons. The second kappa shape index (κ2) is 7.63. The third-order valence-electron chi connectivity index (χ3n) is 2.60. The molecule has 2 rings (SSSR count). The molecule has 1 aromatic carbocycles. The minimum atomic E-state index is -0.896. The first kappa shape index (κ1) is 16.8. The number of nitrogens with one attached hydrogen (secondary N) is 1. The fourth-order valence-corrected chi connectivity index (χ4v) is 2.28. The second-order valence-corrected chi connectivity index (χ2v) is 5.17. The Bertz CT molecular complexity index is 721. The van der Waals surface area contributed by atoms with Crippen LogP contribution in [0.2, 0.25) is 0 Å². The summed E-state index contributed by atoms with van der Waals surface area (Å²) in [4.78, 5) is 26.8. The fraction of sp³-hybridized carbons (Fsp3) is 0.214. The molecule has 2 aromatic rings. The molecule has 1 amide bonds. The van der Waals surface area contributed by atoms with Crippen LogP contribution in [0.5, 0.6) is 5.75 Å². The Hall–Kier alpha value is -2.55. The van der Waals surface area contributed by atoms with E-state index in [4.69, 9.17) is 4.74 Å². The summed E-state index contributed by atoms with van der Waals surface area (Å²) in [5.41, 5.74) is 0.461. The smallest absolute Gasteiger partial charge is 0.311 e. The summed E-state index contributed by atoms with van der Waals surface area (Å²) in [5, 5.41) is 4.33. The van der Waals surface area contributed by atoms with Gasteiger partial charge in [0.1, 0.15) is 5.82 Å². The Labute approximate surface area is 134 Å². The number of amides is 1. The third-order valence-corrected chi connectivity index (χ3v) is 3.41. The van der Waals surface area contributed by atoms with Crippen molar-refractivity contribution in [3.8, 4) is 5.75 Å². The van der Waals surface area contributed by atoms with Crippen LogP contribution in [0.4, 0.5) is 13.9 Å². The van der Waals surface area contributed by atoms with Crippen LogP contribution >= 0.6 is 11.3 Å². The van der Waals surface area contributed by atoms with Crippen molar-refractivity contribution in [2.75, 3.05) is 19.0 Å². The number of anilines is 1. The number of hydrogen-bond donors (Lipinski definition) is 1. The molecule has 6 nitrogen and oxygen atoms in total. The highest BCUT2D eigenvalue weighted by molar-refractivity contribution is 7.13. The highest BCUT2D eigenvalue weighted by Gasteiger charge is 2.11. The van der Waals surface area contributed by atoms with Crippen molar-refractivity contribution in [3.63, 3.8) is 0 Å². The van der Waals surface area contributed by atoms with Crippen molar-refractivity contribution in [1.29, 1.82) is 0 Å². The molecule has 0 unspecified atom stereocenters. The van der Waals surface area contributed by atoms with E-state index in [9.17, 15) is 18.4 Å². The van der Waals surface area contributed by atoms with E-state index in [1.807, 2.05) is 0 Å². The predicted molar refractivity (Wildman–Crippen MR) is 78.3 cm³/mol. The van der Waals surface area contributed by atoms with E-state index < -0.39 is 30.1 Å². The number of methoxy groups -OCH3 is 1. The van der Waals surface area contributed by atoms with Gasteiger partial charge in [-0.15, -0.1) is 11.3 Å². The van der Waals surface area contributed by atoms with Crippen LogP contribution in [0, 0.1) is 11.6 Å². The van der Waals surface area contributed by atoms with Gasteiger partial charge < -0.3 is 9.47 Å². The van der Waals surface area contributed by atoms with Crippen molar-refractivity contribution in [2.45, 2.75) is 6.42 Å². The SMILES string of the molecule is COC(=O)Cc1csc(NC(=O)COc2ccc(F)cc2F)n1. The lowest BCUT2D eigenvalue weighted by atomic mass is 10.3. The number of nitrogens with zero attached hydrogens (tertiary/aromatic N) is 1. The minimum absolute atomic E-state index is 0.000160. The molecule has 0 radical (unpaired) electrons. The van der Waals surface area contributed by atoms with Gasteiger partial charge in [0.05, 0.1) is 19.2 Å². The zero-order valence-electron chi connectivity index (χ0n) is 12.0. The predicted octanol–water partition coefficient (Wildman–Crippen LogP) is 2.15. The van der Waals surface area contributed by atoms with E-state index in [2.05, 4.69) is 15.0 Å². The topological polar surface area (TPSA) is 77.5 Å². The standard InChI is InChI=1S/C14H12F2N2O4S/c1-21-13(20)5-9-7-23-14(17-9)18-12(19)6-22-11-3-2-8(15)4-10(11)16/h2-4,7H,5-6H2,1H3,(H,17,18,19). The Balaban J connectivity index is 1.86. The molecule has 0 aliphatic rings. The van der Waals surface area contributed by atoms with Crippen LogP contribution in [0.15, 0.2) is 23.6 Å². The van der Waals surface area contributed by atoms with Gasteiger partial charge in [-0.25, -0.2) is 13.8 Å². The van der Waals surface area contributed by atoms with Gasteiger partial charge in [-0.05, 0) is 12.1 Å². The zero-order chi connectivity index (χ0) is 16.8. The number of ether oxygens (including phenoxy) is 2. The number of carbonyl (C=O) groups is 2. The van der Waals surface area contributed by atoms with Gasteiger partial charge >= 0.3 is 5.97 Å². The highest BCUT2D eigenvalue weighted by Crippen LogP contribution is 2.18. The number of halogens is 2. The monoisotopic (exact) mass is 342 g/mol. The normalized spacial score (nSPS) is 10.2. The van der Waals surface area contributed by atoms with Gasteiger partial charge in [0.2, 0.25) is 0 Å². The first-order valence-electron chi connectivity index (χ1n) is 6.37. The average Bonchev–Trinajstić information content (AvgIpc) is 2.93. The van der Waals surface area contributed by atoms with Crippen molar-refractivity contribution < 1.29 is 27.8 Å². The molecule has 1 heterocycles. The molecule has 0 aliphatic heterocycles. The van der Waals surface area contributed by atoms with Gasteiger partial charge in [-0.3, -0.25) is 14.9 Å². The average molecular weight is 342 g/mol. The number of esters is 1. The molecular weight excluding hydrogens is 330 g/mol. The second-order valence-electron chi connectivity index (χ2n) is 4.31. The van der Waals surface area contributed by atoms with Gasteiger partial charge in [0, 0.05) is 11.4 Å². The molecule has 1 aromatic heterocycles. The quantitative estimate of drug-likeness (QED) is 0.814. The number of carbonyl (C=O) groups excluding carboxylic acids is 2. The number of rotatable bonds is 6. The van der Waals surface area contributed by atoms with Crippen molar-refractivity contribution in [2.24, 2.45) is 0 Å². The van der Waals surface area contributed by atoms with Crippen molar-refractivity contribution in [1.82, 2.24) is 4.98 Å². The van der Waals surface area contributed by atoms with Crippen LogP contribution in [0.25, 0.3) is 0 Å². The van der Waals surface area contributed by atoms with Gasteiger partial charge in [0.25, 0.3) is 5.91 Å². The summed E-state index contributed by atoms with van der Waals surface area (Å²) in [6, 6.07) is 2.78. The third kappa shape index (κ3) is 4.99. The fourth-order valence-electron chi connectivity index (χ4n) is 1.56. The Morgan fingerprint density at radius 1 is 1.35 bits per heavy atom. The Morgan fingerprint density at radius 3 is 2.83 bits per heavy atom. The highest BCUT2D eigenvalue weighted by atomic mass is 32.1. The summed E-state index contributed by atoms with van der Waals surface area (Å²) >= 11 is 1.13. The first-order chi connectivity index (χ1) is 11.0. The first-order valence-corrected chi connectivity index (χ1v) is 7.25. The molecule has 0 saturated heterocycles. The molecule has 0 spiro atoms. The van der Waals surface area contributed by atoms with Gasteiger partial charge in [-0.2, -0.15) is 0 Å². The molecule has 23 heavy (non-hydrogen) atoms. The zero-order valence-corrected chi connectivity index (χ0v) is 12.8. The molecule has 1 N–H and O–H groups in total. The summed E-state index contributed by atoms with van der Waals surface area (Å²) < 4.78 is 35.5. The summed E-state index contributed by atoms with van der Waals surface area (Å²) in [5.74, 6) is -2.87. The minimum Gasteiger partial charge on any atom is -0.481 e. The molecule has 0 fully saturated rings. The maximum absolute atomic E-state index is 13.3. The van der Waals surface area contributed by atoms with Crippen molar-refractivity contribution in [3.05, 3.63) is 40.9 Å². The van der Waals surface area contributed by atoms with Gasteiger partial charge in [-0.1, -0.05) is 0 Å². The van der Waals surface area contributed by atoms with E-state index in [1.54, 1.807) is 5.38 Å². The van der Waals surface area contributed by atoms with Crippen LogP contribution < -0.4 is 10.1 Å². The Kier molecular flexibility index (Phi) is 5.58. The van der Waals surface area contributed by atoms with Crippen molar-refractivity contribution >= 4 is 28.3 Å². The Morgan fingerprint density at radius 2 is 2.13 bits per heavy atom. The number of thiazole rings is 1. The van der Waals surface area contributed by atoms with E-state index in [0.717, 1.165) is 23.5 Å². The number of aromatic nitrogens is 1. The molecular formula is C14H12F2N2O4S. The van der Waals surface area contributed by atoms with E-state index >= 15 is 0 Å². The van der Waals surface area contributed by atoms with E-state index in [0.29, 0.717) is 11.8 Å². The molecule has 0 bridgehead atoms. The summed E-state index contributed by atoms with van der Waals surface area (Å²) in [6.07, 6.45) is 0.000160. The maximum Gasteiger partial charge on any atom is 0.311 e. The van der Waals surface area contributed by atoms with Crippen LogP contribution in [-0.2, 0) is 20.7 Å². The lowest BCUT2D eigenvalue weighted by Gasteiger charge is -2.06. The van der Waals surface area contributed by atoms with E-state index in [1.165, 1.54) is 7.11 Å². The molecule has 0 saturated carbocycles. The van der Waals surface area contributed by atoms with Crippen LogP contribution in [0.1, 0.15) is 5.69 Å². The molecule has 0 aliphatic carbocycles. The summed E-state index contributed by atoms with van der Waals surface area (Å²) in [6.45, 7) is -0.464. The molecule has 0 atom stereocenters. The van der Waals surface area contributed by atoms with E-state index in [-0.39, 0.29) is 17.3 Å². The van der Waals surface area contributed by atoms with Crippen LogP contribution in [-0.4, -0.2) is 30.6 Å². The summed E-state index contributed by atoms with van der Waals surface area (Å²) in [7, 11) is 1.27.